The van der Waals surface area contributed by atoms with Gasteiger partial charge in [-0.3, -0.25) is 0 Å². The maximum Gasteiger partial charge on any atom is 0.408 e. The summed E-state index contributed by atoms with van der Waals surface area (Å²) in [5.74, 6) is -1.20. The number of alkyl carbamates (subject to hydrolysis) is 1. The molecule has 2 atom stereocenters. The van der Waals surface area contributed by atoms with Crippen LogP contribution in [0.3, 0.4) is 0 Å². The van der Waals surface area contributed by atoms with E-state index in [0.29, 0.717) is 0 Å². The zero-order valence-corrected chi connectivity index (χ0v) is 14.6. The summed E-state index contributed by atoms with van der Waals surface area (Å²) in [5.41, 5.74) is -0.558. The minimum Gasteiger partial charge on any atom is -0.467 e. The second-order valence-electron chi connectivity index (χ2n) is 6.15. The molecule has 0 spiro atoms. The van der Waals surface area contributed by atoms with Crippen LogP contribution in [0.25, 0.3) is 0 Å². The summed E-state index contributed by atoms with van der Waals surface area (Å²) in [5, 5.41) is 6.10. The van der Waals surface area contributed by atoms with Gasteiger partial charge in [-0.2, -0.15) is 0 Å². The Kier molecular flexibility index (Phi) is 6.99. The molecule has 1 N–H and O–H groups in total. The van der Waals surface area contributed by atoms with Gasteiger partial charge in [0, 0.05) is 12.8 Å². The number of carbonyl (C=O) groups is 3. The molecule has 136 valence electrons. The van der Waals surface area contributed by atoms with Crippen molar-refractivity contribution in [1.29, 1.82) is 0 Å². The molecule has 0 aromatic rings. The lowest BCUT2D eigenvalue weighted by molar-refractivity contribution is -0.144. The molecule has 0 unspecified atom stereocenters. The number of hydrogen-bond acceptors (Lipinski definition) is 8. The van der Waals surface area contributed by atoms with E-state index in [2.05, 4.69) is 15.2 Å². The Hall–Kier alpha value is -2.32. The predicted octanol–water partition coefficient (Wildman–Crippen LogP) is 1.15. The van der Waals surface area contributed by atoms with E-state index < -0.39 is 35.8 Å². The average Bonchev–Trinajstić information content (AvgIpc) is 2.92. The number of ether oxygens (including phenoxy) is 3. The van der Waals surface area contributed by atoms with Crippen molar-refractivity contribution in [2.45, 2.75) is 58.3 Å². The highest BCUT2D eigenvalue weighted by Crippen LogP contribution is 2.18. The number of nitrogens with one attached hydrogen (secondary N) is 1. The number of methoxy groups -OCH3 is 1. The lowest BCUT2D eigenvalue weighted by atomic mass is 10.0. The molecule has 1 aliphatic rings. The molecule has 9 nitrogen and oxygen atoms in total. The molecule has 0 aromatic carbocycles. The molecule has 1 rings (SSSR count). The highest BCUT2D eigenvalue weighted by atomic mass is 16.6. The van der Waals surface area contributed by atoms with Gasteiger partial charge in [0.2, 0.25) is 0 Å². The molecule has 0 aromatic heterocycles. The first-order chi connectivity index (χ1) is 11.2. The predicted molar refractivity (Wildman–Crippen MR) is 83.3 cm³/mol. The standard InChI is InChI=1S/C15H24N2O7/c1-6-22-13(19)11-8-9(24-17-11)7-10(12(18)21-5)16-14(20)23-15(2,3)4/h9-10H,6-8H2,1-5H3,(H,16,20)/t9-,10+/m0/s1. The van der Waals surface area contributed by atoms with Crippen molar-refractivity contribution in [1.82, 2.24) is 5.32 Å². The lowest BCUT2D eigenvalue weighted by Crippen LogP contribution is -2.45. The van der Waals surface area contributed by atoms with Gasteiger partial charge in [0.1, 0.15) is 17.7 Å². The topological polar surface area (TPSA) is 113 Å². The van der Waals surface area contributed by atoms with E-state index in [-0.39, 0.29) is 25.2 Å². The van der Waals surface area contributed by atoms with Crippen molar-refractivity contribution in [3.63, 3.8) is 0 Å². The van der Waals surface area contributed by atoms with Crippen LogP contribution in [0, 0.1) is 0 Å². The second kappa shape index (κ2) is 8.51. The molecular formula is C15H24N2O7. The average molecular weight is 344 g/mol. The maximum atomic E-state index is 11.8. The monoisotopic (exact) mass is 344 g/mol. The van der Waals surface area contributed by atoms with Gasteiger partial charge < -0.3 is 24.4 Å². The molecule has 1 heterocycles. The van der Waals surface area contributed by atoms with Crippen LogP contribution in [0.2, 0.25) is 0 Å². The van der Waals surface area contributed by atoms with Crippen molar-refractivity contribution in [2.75, 3.05) is 13.7 Å². The third-order valence-corrected chi connectivity index (χ3v) is 2.92. The summed E-state index contributed by atoms with van der Waals surface area (Å²) in [6.45, 7) is 7.04. The van der Waals surface area contributed by atoms with Gasteiger partial charge in [-0.15, -0.1) is 0 Å². The first-order valence-electron chi connectivity index (χ1n) is 7.63. The zero-order valence-electron chi connectivity index (χ0n) is 14.6. The summed E-state index contributed by atoms with van der Waals surface area (Å²) < 4.78 is 14.6. The Morgan fingerprint density at radius 2 is 2.04 bits per heavy atom. The summed E-state index contributed by atoms with van der Waals surface area (Å²) in [6, 6.07) is -0.980. The second-order valence-corrected chi connectivity index (χ2v) is 6.15. The van der Waals surface area contributed by atoms with Gasteiger partial charge in [-0.1, -0.05) is 5.16 Å². The summed E-state index contributed by atoms with van der Waals surface area (Å²) >= 11 is 0. The molecule has 0 radical (unpaired) electrons. The third kappa shape index (κ3) is 6.43. The summed E-state index contributed by atoms with van der Waals surface area (Å²) in [6.07, 6.45) is -1.04. The van der Waals surface area contributed by atoms with Gasteiger partial charge in [-0.05, 0) is 27.7 Å². The molecular weight excluding hydrogens is 320 g/mol. The molecule has 0 fully saturated rings. The van der Waals surface area contributed by atoms with Crippen molar-refractivity contribution in [3.05, 3.63) is 0 Å². The molecule has 0 saturated heterocycles. The van der Waals surface area contributed by atoms with Crippen LogP contribution in [-0.2, 0) is 28.6 Å². The van der Waals surface area contributed by atoms with E-state index in [1.807, 2.05) is 0 Å². The van der Waals surface area contributed by atoms with Crippen LogP contribution in [0.5, 0.6) is 0 Å². The minimum atomic E-state index is -0.980. The van der Waals surface area contributed by atoms with Crippen LogP contribution < -0.4 is 5.32 Å². The Morgan fingerprint density at radius 1 is 1.38 bits per heavy atom. The number of amides is 1. The molecule has 0 saturated carbocycles. The zero-order chi connectivity index (χ0) is 18.3. The lowest BCUT2D eigenvalue weighted by Gasteiger charge is -2.23. The molecule has 24 heavy (non-hydrogen) atoms. The highest BCUT2D eigenvalue weighted by molar-refractivity contribution is 6.36. The van der Waals surface area contributed by atoms with E-state index in [1.165, 1.54) is 7.11 Å². The van der Waals surface area contributed by atoms with Gasteiger partial charge in [-0.25, -0.2) is 14.4 Å². The minimum absolute atomic E-state index is 0.0817. The van der Waals surface area contributed by atoms with E-state index in [4.69, 9.17) is 14.3 Å². The molecule has 1 aliphatic heterocycles. The fourth-order valence-electron chi connectivity index (χ4n) is 1.96. The number of esters is 2. The Bertz CT molecular complexity index is 510. The Morgan fingerprint density at radius 3 is 2.58 bits per heavy atom. The van der Waals surface area contributed by atoms with Gasteiger partial charge in [0.25, 0.3) is 0 Å². The maximum absolute atomic E-state index is 11.8. The molecule has 0 bridgehead atoms. The fraction of sp³-hybridized carbons (Fsp3) is 0.733. The van der Waals surface area contributed by atoms with Gasteiger partial charge in [0.05, 0.1) is 13.7 Å². The third-order valence-electron chi connectivity index (χ3n) is 2.92. The van der Waals surface area contributed by atoms with Crippen molar-refractivity contribution < 1.29 is 33.4 Å². The summed E-state index contributed by atoms with van der Waals surface area (Å²) in [4.78, 5) is 40.4. The Balaban J connectivity index is 2.61. The van der Waals surface area contributed by atoms with E-state index in [1.54, 1.807) is 27.7 Å². The van der Waals surface area contributed by atoms with Gasteiger partial charge >= 0.3 is 18.0 Å². The number of rotatable bonds is 6. The van der Waals surface area contributed by atoms with Gasteiger partial charge in [0.15, 0.2) is 5.71 Å². The number of hydrogen-bond donors (Lipinski definition) is 1. The van der Waals surface area contributed by atoms with Crippen LogP contribution in [0.4, 0.5) is 4.79 Å². The number of carbonyl (C=O) groups excluding carboxylic acids is 3. The first-order valence-corrected chi connectivity index (χ1v) is 7.63. The quantitative estimate of drug-likeness (QED) is 0.568. The van der Waals surface area contributed by atoms with Crippen LogP contribution in [-0.4, -0.2) is 55.2 Å². The van der Waals surface area contributed by atoms with E-state index in [9.17, 15) is 14.4 Å². The van der Waals surface area contributed by atoms with Crippen molar-refractivity contribution in [3.8, 4) is 0 Å². The SMILES string of the molecule is CCOC(=O)C1=NO[C@@H](C[C@@H](NC(=O)OC(C)(C)C)C(=O)OC)C1. The molecule has 1 amide bonds. The first kappa shape index (κ1) is 19.7. The smallest absolute Gasteiger partial charge is 0.408 e. The largest absolute Gasteiger partial charge is 0.467 e. The molecule has 9 heteroatoms. The fourth-order valence-corrected chi connectivity index (χ4v) is 1.96. The van der Waals surface area contributed by atoms with Crippen LogP contribution in [0.15, 0.2) is 5.16 Å². The van der Waals surface area contributed by atoms with Crippen LogP contribution >= 0.6 is 0 Å². The van der Waals surface area contributed by atoms with Crippen LogP contribution in [0.1, 0.15) is 40.5 Å². The van der Waals surface area contributed by atoms with Crippen molar-refractivity contribution >= 4 is 23.7 Å². The van der Waals surface area contributed by atoms with E-state index >= 15 is 0 Å². The number of nitrogens with zero attached hydrogens (tertiary/aromatic N) is 1. The van der Waals surface area contributed by atoms with Crippen molar-refractivity contribution in [2.24, 2.45) is 5.16 Å². The summed E-state index contributed by atoms with van der Waals surface area (Å²) in [7, 11) is 1.21. The normalized spacial score (nSPS) is 18.0. The number of oxime groups is 1. The highest BCUT2D eigenvalue weighted by Gasteiger charge is 2.33. The molecule has 0 aliphatic carbocycles. The Labute approximate surface area is 140 Å². The van der Waals surface area contributed by atoms with E-state index in [0.717, 1.165) is 0 Å².